The highest BCUT2D eigenvalue weighted by Crippen LogP contribution is 2.38. The van der Waals surface area contributed by atoms with Crippen LogP contribution in [0.15, 0.2) is 42.5 Å². The lowest BCUT2D eigenvalue weighted by Crippen LogP contribution is -2.52. The second kappa shape index (κ2) is 8.39. The molecule has 158 valence electrons. The second-order valence-electron chi connectivity index (χ2n) is 7.13. The molecule has 3 N–H and O–H groups in total. The maximum Gasteiger partial charge on any atom is 0.416 e. The first kappa shape index (κ1) is 21.7. The summed E-state index contributed by atoms with van der Waals surface area (Å²) in [6.07, 6.45) is -13.0. The first-order valence-electron chi connectivity index (χ1n) is 9.23. The monoisotopic (exact) mass is 414 g/mol. The van der Waals surface area contributed by atoms with Gasteiger partial charge in [-0.1, -0.05) is 43.3 Å². The molecule has 2 aromatic carbocycles. The molecule has 0 bridgehead atoms. The largest absolute Gasteiger partial charge is 0.416 e. The molecule has 0 spiro atoms. The molecule has 0 aliphatic carbocycles. The molecule has 29 heavy (non-hydrogen) atoms. The summed E-state index contributed by atoms with van der Waals surface area (Å²) in [4.78, 5) is 0. The fourth-order valence-electron chi connectivity index (χ4n) is 3.44. The van der Waals surface area contributed by atoms with Crippen molar-refractivity contribution in [2.24, 2.45) is 0 Å². The maximum absolute atomic E-state index is 13.6. The van der Waals surface area contributed by atoms with Crippen LogP contribution in [0, 0.1) is 0 Å². The van der Waals surface area contributed by atoms with Crippen LogP contribution in [0.3, 0.4) is 0 Å². The van der Waals surface area contributed by atoms with Crippen LogP contribution < -0.4 is 0 Å². The molecule has 0 aromatic heterocycles. The van der Waals surface area contributed by atoms with Crippen LogP contribution in [0.4, 0.5) is 17.6 Å². The number of aryl methyl sites for hydroxylation is 1. The van der Waals surface area contributed by atoms with Crippen molar-refractivity contribution in [1.82, 2.24) is 0 Å². The molecule has 0 amide bonds. The summed E-state index contributed by atoms with van der Waals surface area (Å²) in [6.45, 7) is 1.97. The lowest BCUT2D eigenvalue weighted by molar-refractivity contribution is -0.268. The van der Waals surface area contributed by atoms with Gasteiger partial charge in [0.25, 0.3) is 0 Å². The highest BCUT2D eigenvalue weighted by Gasteiger charge is 2.45. The van der Waals surface area contributed by atoms with Gasteiger partial charge in [-0.05, 0) is 41.2 Å². The van der Waals surface area contributed by atoms with E-state index < -0.39 is 42.5 Å². The Morgan fingerprint density at radius 1 is 0.931 bits per heavy atom. The van der Waals surface area contributed by atoms with Gasteiger partial charge in [0.15, 0.2) is 12.5 Å². The summed E-state index contributed by atoms with van der Waals surface area (Å²) in [5.74, 6) is 0. The minimum Gasteiger partial charge on any atom is -0.387 e. The third-order valence-corrected chi connectivity index (χ3v) is 5.13. The first-order valence-corrected chi connectivity index (χ1v) is 9.23. The molecule has 3 rings (SSSR count). The second-order valence-corrected chi connectivity index (χ2v) is 7.13. The van der Waals surface area contributed by atoms with E-state index in [1.54, 1.807) is 12.1 Å². The van der Waals surface area contributed by atoms with Crippen molar-refractivity contribution >= 4 is 0 Å². The molecule has 1 heterocycles. The van der Waals surface area contributed by atoms with Crippen molar-refractivity contribution in [2.45, 2.75) is 56.7 Å². The van der Waals surface area contributed by atoms with Gasteiger partial charge in [0.1, 0.15) is 18.3 Å². The molecule has 1 unspecified atom stereocenters. The summed E-state index contributed by atoms with van der Waals surface area (Å²) in [6, 6.07) is 10.4. The molecule has 0 saturated carbocycles. The molecule has 1 aliphatic rings. The lowest BCUT2D eigenvalue weighted by atomic mass is 9.90. The van der Waals surface area contributed by atoms with E-state index in [-0.39, 0.29) is 17.5 Å². The fourth-order valence-corrected chi connectivity index (χ4v) is 3.44. The van der Waals surface area contributed by atoms with Gasteiger partial charge >= 0.3 is 6.18 Å². The Balaban J connectivity index is 1.97. The van der Waals surface area contributed by atoms with Crippen molar-refractivity contribution in [3.05, 3.63) is 70.3 Å². The standard InChI is InChI=1S/C21H22F4O4/c1-2-11-3-5-12(6-4-11)9-14-10-13(7-8-15(14)21(23,24)25)19-18(27)17(26)16(22)20(28)29-19/h3-8,10,16-20,26-28H,2,9H2,1H3/t16?,17-,18+,19-,20-/m0/s1. The van der Waals surface area contributed by atoms with E-state index in [2.05, 4.69) is 0 Å². The molecule has 8 heteroatoms. The average Bonchev–Trinajstić information content (AvgIpc) is 2.69. The summed E-state index contributed by atoms with van der Waals surface area (Å²) >= 11 is 0. The summed E-state index contributed by atoms with van der Waals surface area (Å²) in [5, 5.41) is 29.4. The molecular weight excluding hydrogens is 392 g/mol. The van der Waals surface area contributed by atoms with Gasteiger partial charge in [-0.15, -0.1) is 0 Å². The number of aliphatic hydroxyl groups excluding tert-OH is 3. The zero-order valence-electron chi connectivity index (χ0n) is 15.6. The number of hydrogen-bond acceptors (Lipinski definition) is 4. The maximum atomic E-state index is 13.6. The Morgan fingerprint density at radius 3 is 2.14 bits per heavy atom. The van der Waals surface area contributed by atoms with Crippen LogP contribution in [0.2, 0.25) is 0 Å². The van der Waals surface area contributed by atoms with Gasteiger partial charge in [-0.2, -0.15) is 13.2 Å². The third kappa shape index (κ3) is 4.61. The van der Waals surface area contributed by atoms with Crippen LogP contribution in [0.25, 0.3) is 0 Å². The highest BCUT2D eigenvalue weighted by molar-refractivity contribution is 5.39. The molecule has 1 aliphatic heterocycles. The van der Waals surface area contributed by atoms with Gasteiger partial charge in [-0.3, -0.25) is 0 Å². The number of benzene rings is 2. The summed E-state index contributed by atoms with van der Waals surface area (Å²) < 4.78 is 59.1. The van der Waals surface area contributed by atoms with E-state index in [4.69, 9.17) is 4.74 Å². The van der Waals surface area contributed by atoms with E-state index in [1.165, 1.54) is 6.07 Å². The third-order valence-electron chi connectivity index (χ3n) is 5.13. The van der Waals surface area contributed by atoms with E-state index >= 15 is 0 Å². The van der Waals surface area contributed by atoms with Crippen molar-refractivity contribution in [3.63, 3.8) is 0 Å². The molecule has 5 atom stereocenters. The van der Waals surface area contributed by atoms with Crippen LogP contribution in [0.1, 0.15) is 40.8 Å². The van der Waals surface area contributed by atoms with Crippen molar-refractivity contribution < 1.29 is 37.6 Å². The smallest absolute Gasteiger partial charge is 0.387 e. The average molecular weight is 414 g/mol. The Bertz CT molecular complexity index is 838. The van der Waals surface area contributed by atoms with Crippen LogP contribution in [-0.4, -0.2) is 40.0 Å². The van der Waals surface area contributed by atoms with Crippen molar-refractivity contribution in [3.8, 4) is 0 Å². The SMILES string of the molecule is CCc1ccc(Cc2cc([C@@H]3O[C@H](O)C(F)[C@H](O)[C@H]3O)ccc2C(F)(F)F)cc1. The normalized spacial score (nSPS) is 27.8. The zero-order chi connectivity index (χ0) is 21.3. The van der Waals surface area contributed by atoms with Crippen molar-refractivity contribution in [2.75, 3.05) is 0 Å². The van der Waals surface area contributed by atoms with Gasteiger partial charge in [0.2, 0.25) is 0 Å². The van der Waals surface area contributed by atoms with Crippen molar-refractivity contribution in [1.29, 1.82) is 0 Å². The fraction of sp³-hybridized carbons (Fsp3) is 0.429. The Morgan fingerprint density at radius 2 is 1.55 bits per heavy atom. The lowest BCUT2D eigenvalue weighted by Gasteiger charge is -2.37. The predicted octanol–water partition coefficient (Wildman–Crippen LogP) is 3.31. The van der Waals surface area contributed by atoms with Gasteiger partial charge in [0, 0.05) is 0 Å². The number of ether oxygens (including phenoxy) is 1. The molecule has 4 nitrogen and oxygen atoms in total. The molecule has 1 fully saturated rings. The van der Waals surface area contributed by atoms with E-state index in [0.29, 0.717) is 5.56 Å². The molecule has 2 aromatic rings. The molecule has 0 radical (unpaired) electrons. The molecular formula is C21H22F4O4. The van der Waals surface area contributed by atoms with Gasteiger partial charge in [0.05, 0.1) is 5.56 Å². The zero-order valence-corrected chi connectivity index (χ0v) is 15.6. The minimum atomic E-state index is -4.59. The highest BCUT2D eigenvalue weighted by atomic mass is 19.4. The Hall–Kier alpha value is -2.00. The predicted molar refractivity (Wildman–Crippen MR) is 96.8 cm³/mol. The Labute approximate surface area is 165 Å². The van der Waals surface area contributed by atoms with E-state index in [9.17, 15) is 32.9 Å². The Kier molecular flexibility index (Phi) is 6.28. The van der Waals surface area contributed by atoms with Crippen LogP contribution >= 0.6 is 0 Å². The number of halogens is 4. The number of aliphatic hydroxyl groups is 3. The topological polar surface area (TPSA) is 69.9 Å². The number of alkyl halides is 4. The van der Waals surface area contributed by atoms with Crippen LogP contribution in [-0.2, 0) is 23.8 Å². The van der Waals surface area contributed by atoms with Gasteiger partial charge in [-0.25, -0.2) is 4.39 Å². The number of rotatable bonds is 4. The quantitative estimate of drug-likeness (QED) is 0.672. The van der Waals surface area contributed by atoms with E-state index in [0.717, 1.165) is 24.1 Å². The first-order chi connectivity index (χ1) is 13.6. The number of hydrogen-bond donors (Lipinski definition) is 3. The van der Waals surface area contributed by atoms with E-state index in [1.807, 2.05) is 19.1 Å². The van der Waals surface area contributed by atoms with Crippen LogP contribution in [0.5, 0.6) is 0 Å². The molecule has 1 saturated heterocycles. The summed E-state index contributed by atoms with van der Waals surface area (Å²) in [5.41, 5.74) is 0.938. The van der Waals surface area contributed by atoms with Gasteiger partial charge < -0.3 is 20.1 Å². The summed E-state index contributed by atoms with van der Waals surface area (Å²) in [7, 11) is 0. The minimum absolute atomic E-state index is 0.0215.